The number of nitrogens with zero attached hydrogens (tertiary/aromatic N) is 1. The third-order valence-electron chi connectivity index (χ3n) is 3.38. The van der Waals surface area contributed by atoms with Crippen molar-refractivity contribution < 1.29 is 9.84 Å². The molecule has 17 heavy (non-hydrogen) atoms. The molecule has 5 heteroatoms. The highest BCUT2D eigenvalue weighted by atomic mass is 79.9. The molecular weight excluding hydrogens is 284 g/mol. The maximum absolute atomic E-state index is 10.5. The van der Waals surface area contributed by atoms with Crippen LogP contribution in [0.4, 0.5) is 0 Å². The minimum absolute atomic E-state index is 0.374. The number of halogens is 1. The van der Waals surface area contributed by atoms with Crippen LogP contribution in [0.2, 0.25) is 0 Å². The van der Waals surface area contributed by atoms with Gasteiger partial charge in [0, 0.05) is 41.0 Å². The molecule has 1 aliphatic heterocycles. The predicted molar refractivity (Wildman–Crippen MR) is 68.4 cm³/mol. The van der Waals surface area contributed by atoms with Gasteiger partial charge in [0.2, 0.25) is 0 Å². The average Bonchev–Trinajstić information content (AvgIpc) is 2.38. The summed E-state index contributed by atoms with van der Waals surface area (Å²) in [5.41, 5.74) is 6.26. The number of pyridine rings is 1. The van der Waals surface area contributed by atoms with Crippen LogP contribution in [0.15, 0.2) is 22.9 Å². The standard InChI is InChI=1S/C12H17BrN2O2/c13-10-4-9(5-15-6-10)11(16)12(7-14)2-1-3-17-8-12/h4-6,11,16H,1-3,7-8,14H2. The molecule has 1 aromatic heterocycles. The second kappa shape index (κ2) is 5.44. The van der Waals surface area contributed by atoms with E-state index in [1.165, 1.54) is 0 Å². The third-order valence-corrected chi connectivity index (χ3v) is 3.81. The van der Waals surface area contributed by atoms with Crippen LogP contribution in [-0.2, 0) is 4.74 Å². The molecule has 1 aromatic rings. The Hall–Kier alpha value is -0.490. The van der Waals surface area contributed by atoms with Gasteiger partial charge < -0.3 is 15.6 Å². The van der Waals surface area contributed by atoms with Gasteiger partial charge in [-0.25, -0.2) is 0 Å². The van der Waals surface area contributed by atoms with Gasteiger partial charge in [0.15, 0.2) is 0 Å². The number of aliphatic hydroxyl groups is 1. The first-order valence-electron chi connectivity index (χ1n) is 5.74. The highest BCUT2D eigenvalue weighted by Crippen LogP contribution is 2.40. The molecular formula is C12H17BrN2O2. The molecule has 0 bridgehead atoms. The molecule has 1 fully saturated rings. The van der Waals surface area contributed by atoms with Gasteiger partial charge in [-0.3, -0.25) is 4.98 Å². The van der Waals surface area contributed by atoms with E-state index in [0.717, 1.165) is 29.5 Å². The minimum Gasteiger partial charge on any atom is -0.388 e. The van der Waals surface area contributed by atoms with Crippen LogP contribution in [-0.4, -0.2) is 29.8 Å². The van der Waals surface area contributed by atoms with E-state index in [4.69, 9.17) is 10.5 Å². The summed E-state index contributed by atoms with van der Waals surface area (Å²) < 4.78 is 6.34. The van der Waals surface area contributed by atoms with Crippen LogP contribution in [0.3, 0.4) is 0 Å². The van der Waals surface area contributed by atoms with Crippen molar-refractivity contribution in [3.05, 3.63) is 28.5 Å². The number of ether oxygens (including phenoxy) is 1. The fourth-order valence-electron chi connectivity index (χ4n) is 2.29. The fourth-order valence-corrected chi connectivity index (χ4v) is 2.68. The van der Waals surface area contributed by atoms with Gasteiger partial charge in [0.1, 0.15) is 0 Å². The van der Waals surface area contributed by atoms with Crippen LogP contribution in [0.25, 0.3) is 0 Å². The minimum atomic E-state index is -0.627. The second-order valence-corrected chi connectivity index (χ2v) is 5.48. The van der Waals surface area contributed by atoms with Crippen LogP contribution in [0.5, 0.6) is 0 Å². The summed E-state index contributed by atoms with van der Waals surface area (Å²) in [6.45, 7) is 1.68. The number of hydrogen-bond donors (Lipinski definition) is 2. The number of aliphatic hydroxyl groups excluding tert-OH is 1. The molecule has 94 valence electrons. The van der Waals surface area contributed by atoms with Gasteiger partial charge in [-0.1, -0.05) is 0 Å². The Labute approximate surface area is 109 Å². The second-order valence-electron chi connectivity index (χ2n) is 4.56. The topological polar surface area (TPSA) is 68.4 Å². The molecule has 0 radical (unpaired) electrons. The summed E-state index contributed by atoms with van der Waals surface area (Å²) in [4.78, 5) is 4.08. The summed E-state index contributed by atoms with van der Waals surface area (Å²) in [6, 6.07) is 1.88. The number of aromatic nitrogens is 1. The number of rotatable bonds is 3. The molecule has 0 aliphatic carbocycles. The summed E-state index contributed by atoms with van der Waals surface area (Å²) in [7, 11) is 0. The van der Waals surface area contributed by atoms with E-state index in [2.05, 4.69) is 20.9 Å². The van der Waals surface area contributed by atoms with E-state index in [9.17, 15) is 5.11 Å². The lowest BCUT2D eigenvalue weighted by Gasteiger charge is -2.39. The first-order valence-corrected chi connectivity index (χ1v) is 6.53. The molecule has 2 rings (SSSR count). The molecule has 0 spiro atoms. The van der Waals surface area contributed by atoms with Gasteiger partial charge in [0.25, 0.3) is 0 Å². The zero-order valence-corrected chi connectivity index (χ0v) is 11.2. The van der Waals surface area contributed by atoms with Crippen molar-refractivity contribution in [1.29, 1.82) is 0 Å². The summed E-state index contributed by atoms with van der Waals surface area (Å²) in [5, 5.41) is 10.5. The van der Waals surface area contributed by atoms with Crippen LogP contribution < -0.4 is 5.73 Å². The van der Waals surface area contributed by atoms with Crippen LogP contribution in [0, 0.1) is 5.41 Å². The van der Waals surface area contributed by atoms with Crippen molar-refractivity contribution >= 4 is 15.9 Å². The Bertz CT molecular complexity index is 381. The van der Waals surface area contributed by atoms with Gasteiger partial charge >= 0.3 is 0 Å². The Morgan fingerprint density at radius 3 is 3.00 bits per heavy atom. The summed E-state index contributed by atoms with van der Waals surface area (Å²) in [5.74, 6) is 0. The molecule has 1 saturated heterocycles. The van der Waals surface area contributed by atoms with Crippen molar-refractivity contribution in [2.24, 2.45) is 11.1 Å². The van der Waals surface area contributed by atoms with E-state index >= 15 is 0 Å². The van der Waals surface area contributed by atoms with E-state index in [1.807, 2.05) is 6.07 Å². The summed E-state index contributed by atoms with van der Waals surface area (Å²) in [6.07, 6.45) is 4.58. The molecule has 2 unspecified atom stereocenters. The van der Waals surface area contributed by atoms with E-state index < -0.39 is 6.10 Å². The maximum Gasteiger partial charge on any atom is 0.0895 e. The van der Waals surface area contributed by atoms with Gasteiger partial charge in [-0.05, 0) is 34.8 Å². The maximum atomic E-state index is 10.5. The smallest absolute Gasteiger partial charge is 0.0895 e. The number of hydrogen-bond acceptors (Lipinski definition) is 4. The third kappa shape index (κ3) is 2.68. The van der Waals surface area contributed by atoms with Crippen molar-refractivity contribution in [3.63, 3.8) is 0 Å². The lowest BCUT2D eigenvalue weighted by atomic mass is 9.75. The lowest BCUT2D eigenvalue weighted by Crippen LogP contribution is -2.43. The highest BCUT2D eigenvalue weighted by molar-refractivity contribution is 9.10. The summed E-state index contributed by atoms with van der Waals surface area (Å²) >= 11 is 3.36. The van der Waals surface area contributed by atoms with Gasteiger partial charge in [-0.15, -0.1) is 0 Å². The van der Waals surface area contributed by atoms with E-state index in [-0.39, 0.29) is 5.41 Å². The average molecular weight is 301 g/mol. The van der Waals surface area contributed by atoms with Crippen molar-refractivity contribution in [2.45, 2.75) is 18.9 Å². The van der Waals surface area contributed by atoms with E-state index in [1.54, 1.807) is 12.4 Å². The van der Waals surface area contributed by atoms with Crippen LogP contribution in [0.1, 0.15) is 24.5 Å². The van der Waals surface area contributed by atoms with E-state index in [0.29, 0.717) is 13.2 Å². The van der Waals surface area contributed by atoms with Crippen molar-refractivity contribution in [1.82, 2.24) is 4.98 Å². The molecule has 0 aromatic carbocycles. The highest BCUT2D eigenvalue weighted by Gasteiger charge is 2.39. The monoisotopic (exact) mass is 300 g/mol. The molecule has 1 aliphatic rings. The molecule has 0 saturated carbocycles. The normalized spacial score (nSPS) is 26.8. The fraction of sp³-hybridized carbons (Fsp3) is 0.583. The largest absolute Gasteiger partial charge is 0.388 e. The zero-order valence-electron chi connectivity index (χ0n) is 9.60. The first kappa shape index (κ1) is 13.0. The van der Waals surface area contributed by atoms with Crippen molar-refractivity contribution in [2.75, 3.05) is 19.8 Å². The quantitative estimate of drug-likeness (QED) is 0.890. The lowest BCUT2D eigenvalue weighted by molar-refractivity contribution is -0.0783. The van der Waals surface area contributed by atoms with Gasteiger partial charge in [0.05, 0.1) is 12.7 Å². The Morgan fingerprint density at radius 1 is 1.59 bits per heavy atom. The molecule has 2 atom stereocenters. The first-order chi connectivity index (χ1) is 8.18. The van der Waals surface area contributed by atoms with Gasteiger partial charge in [-0.2, -0.15) is 0 Å². The zero-order chi connectivity index (χ0) is 12.3. The molecule has 3 N–H and O–H groups in total. The predicted octanol–water partition coefficient (Wildman–Crippen LogP) is 1.63. The SMILES string of the molecule is NCC1(C(O)c2cncc(Br)c2)CCCOC1. The van der Waals surface area contributed by atoms with Crippen LogP contribution >= 0.6 is 15.9 Å². The Balaban J connectivity index is 2.24. The Kier molecular flexibility index (Phi) is 4.14. The molecule has 0 amide bonds. The molecule has 2 heterocycles. The molecule has 4 nitrogen and oxygen atoms in total. The Morgan fingerprint density at radius 2 is 2.41 bits per heavy atom. The van der Waals surface area contributed by atoms with Crippen molar-refractivity contribution in [3.8, 4) is 0 Å². The number of nitrogens with two attached hydrogens (primary N) is 1.